The first kappa shape index (κ1) is 9.41. The average molecular weight is 179 g/mol. The van der Waals surface area contributed by atoms with Gasteiger partial charge in [-0.1, -0.05) is 12.1 Å². The number of rotatable bonds is 3. The number of esters is 1. The van der Waals surface area contributed by atoms with Crippen molar-refractivity contribution in [3.05, 3.63) is 29.8 Å². The first-order valence-electron chi connectivity index (χ1n) is 3.72. The van der Waals surface area contributed by atoms with Crippen LogP contribution in [0, 0.1) is 0 Å². The van der Waals surface area contributed by atoms with E-state index < -0.39 is 5.97 Å². The lowest BCUT2D eigenvalue weighted by molar-refractivity contribution is -0.132. The molecule has 0 radical (unpaired) electrons. The van der Waals surface area contributed by atoms with Crippen molar-refractivity contribution in [2.45, 2.75) is 0 Å². The maximum atomic E-state index is 10.7. The largest absolute Gasteiger partial charge is 0.426 e. The van der Waals surface area contributed by atoms with Crippen LogP contribution in [-0.2, 0) is 4.79 Å². The molecule has 0 atom stereocenters. The van der Waals surface area contributed by atoms with Gasteiger partial charge in [-0.2, -0.15) is 0 Å². The Labute approximate surface area is 75.3 Å². The minimum atomic E-state index is -0.525. The Morgan fingerprint density at radius 2 is 2.31 bits per heavy atom. The first-order chi connectivity index (χ1) is 6.26. The number of hydrogen-bond acceptors (Lipinski definition) is 4. The van der Waals surface area contributed by atoms with Crippen molar-refractivity contribution in [1.29, 1.82) is 0 Å². The van der Waals surface area contributed by atoms with E-state index in [4.69, 9.17) is 10.5 Å². The Hall–Kier alpha value is -1.68. The molecule has 1 aromatic carbocycles. The summed E-state index contributed by atoms with van der Waals surface area (Å²) >= 11 is 0. The lowest BCUT2D eigenvalue weighted by atomic mass is 10.2. The van der Waals surface area contributed by atoms with E-state index in [1.807, 2.05) is 0 Å². The van der Waals surface area contributed by atoms with Gasteiger partial charge in [0.05, 0.1) is 6.54 Å². The van der Waals surface area contributed by atoms with Crippen LogP contribution >= 0.6 is 0 Å². The molecule has 0 amide bonds. The molecule has 0 aliphatic carbocycles. The highest BCUT2D eigenvalue weighted by Gasteiger charge is 2.01. The summed E-state index contributed by atoms with van der Waals surface area (Å²) in [7, 11) is 0. The summed E-state index contributed by atoms with van der Waals surface area (Å²) in [6, 6.07) is 6.30. The van der Waals surface area contributed by atoms with Gasteiger partial charge in [0, 0.05) is 5.56 Å². The molecular weight excluding hydrogens is 170 g/mol. The first-order valence-corrected chi connectivity index (χ1v) is 3.72. The molecule has 0 aromatic heterocycles. The van der Waals surface area contributed by atoms with E-state index in [1.165, 1.54) is 6.07 Å². The molecule has 0 spiro atoms. The van der Waals surface area contributed by atoms with Gasteiger partial charge in [-0.15, -0.1) is 0 Å². The van der Waals surface area contributed by atoms with Crippen LogP contribution in [0.4, 0.5) is 0 Å². The molecule has 2 N–H and O–H groups in total. The van der Waals surface area contributed by atoms with E-state index >= 15 is 0 Å². The molecule has 0 heterocycles. The minimum Gasteiger partial charge on any atom is -0.426 e. The number of hydrogen-bond donors (Lipinski definition) is 1. The summed E-state index contributed by atoms with van der Waals surface area (Å²) in [6.07, 6.45) is 0.680. The summed E-state index contributed by atoms with van der Waals surface area (Å²) < 4.78 is 4.78. The maximum absolute atomic E-state index is 10.7. The Morgan fingerprint density at radius 1 is 1.54 bits per heavy atom. The standard InChI is InChI=1S/C9H9NO3/c10-5-9(12)13-8-3-1-2-7(4-8)6-11/h1-4,6H,5,10H2. The average Bonchev–Trinajstić information content (AvgIpc) is 2.18. The SMILES string of the molecule is NCC(=O)Oc1cccc(C=O)c1. The van der Waals surface area contributed by atoms with E-state index in [0.717, 1.165) is 0 Å². The van der Waals surface area contributed by atoms with Crippen molar-refractivity contribution in [2.75, 3.05) is 6.54 Å². The lowest BCUT2D eigenvalue weighted by Gasteiger charge is -2.01. The highest BCUT2D eigenvalue weighted by atomic mass is 16.5. The number of carbonyl (C=O) groups excluding carboxylic acids is 2. The van der Waals surface area contributed by atoms with Crippen LogP contribution in [0.5, 0.6) is 5.75 Å². The van der Waals surface area contributed by atoms with E-state index in [9.17, 15) is 9.59 Å². The smallest absolute Gasteiger partial charge is 0.325 e. The van der Waals surface area contributed by atoms with Crippen molar-refractivity contribution in [2.24, 2.45) is 5.73 Å². The van der Waals surface area contributed by atoms with Crippen LogP contribution in [-0.4, -0.2) is 18.8 Å². The van der Waals surface area contributed by atoms with Gasteiger partial charge in [-0.3, -0.25) is 9.59 Å². The second-order valence-electron chi connectivity index (χ2n) is 2.37. The van der Waals surface area contributed by atoms with Gasteiger partial charge in [0.25, 0.3) is 0 Å². The number of benzene rings is 1. The Kier molecular flexibility index (Phi) is 3.16. The zero-order valence-electron chi connectivity index (χ0n) is 6.90. The van der Waals surface area contributed by atoms with Gasteiger partial charge >= 0.3 is 5.97 Å². The predicted octanol–water partition coefficient (Wildman–Crippen LogP) is 0.363. The molecule has 0 saturated carbocycles. The van der Waals surface area contributed by atoms with Gasteiger partial charge in [-0.25, -0.2) is 0 Å². The molecule has 4 nitrogen and oxygen atoms in total. The fourth-order valence-corrected chi connectivity index (χ4v) is 0.824. The van der Waals surface area contributed by atoms with Gasteiger partial charge in [0.2, 0.25) is 0 Å². The molecule has 0 bridgehead atoms. The van der Waals surface area contributed by atoms with Crippen molar-refractivity contribution in [3.8, 4) is 5.75 Å². The highest BCUT2D eigenvalue weighted by Crippen LogP contribution is 2.11. The Balaban J connectivity index is 2.77. The molecule has 1 aromatic rings. The predicted molar refractivity (Wildman–Crippen MR) is 46.5 cm³/mol. The number of aldehydes is 1. The van der Waals surface area contributed by atoms with Crippen molar-refractivity contribution in [1.82, 2.24) is 0 Å². The molecule has 0 saturated heterocycles. The number of nitrogens with two attached hydrogens (primary N) is 1. The normalized spacial score (nSPS) is 9.31. The third-order valence-corrected chi connectivity index (χ3v) is 1.39. The molecule has 0 unspecified atom stereocenters. The molecule has 0 fully saturated rings. The number of ether oxygens (including phenoxy) is 1. The van der Waals surface area contributed by atoms with Crippen LogP contribution in [0.15, 0.2) is 24.3 Å². The summed E-state index contributed by atoms with van der Waals surface area (Å²) in [5.74, 6) is -0.192. The molecular formula is C9H9NO3. The molecule has 4 heteroatoms. The molecule has 68 valence electrons. The van der Waals surface area contributed by atoms with Crippen molar-refractivity contribution >= 4 is 12.3 Å². The Morgan fingerprint density at radius 3 is 2.92 bits per heavy atom. The quantitative estimate of drug-likeness (QED) is 0.413. The van der Waals surface area contributed by atoms with E-state index in [0.29, 0.717) is 17.6 Å². The van der Waals surface area contributed by atoms with Crippen molar-refractivity contribution < 1.29 is 14.3 Å². The van der Waals surface area contributed by atoms with Crippen LogP contribution in [0.1, 0.15) is 10.4 Å². The van der Waals surface area contributed by atoms with Gasteiger partial charge in [0.15, 0.2) is 0 Å². The fourth-order valence-electron chi connectivity index (χ4n) is 0.824. The van der Waals surface area contributed by atoms with Crippen LogP contribution in [0.25, 0.3) is 0 Å². The zero-order valence-corrected chi connectivity index (χ0v) is 6.90. The van der Waals surface area contributed by atoms with E-state index in [-0.39, 0.29) is 6.54 Å². The van der Waals surface area contributed by atoms with Crippen LogP contribution in [0.2, 0.25) is 0 Å². The topological polar surface area (TPSA) is 69.4 Å². The van der Waals surface area contributed by atoms with Gasteiger partial charge in [0.1, 0.15) is 12.0 Å². The van der Waals surface area contributed by atoms with E-state index in [1.54, 1.807) is 18.2 Å². The lowest BCUT2D eigenvalue weighted by Crippen LogP contribution is -2.19. The highest BCUT2D eigenvalue weighted by molar-refractivity contribution is 5.77. The third kappa shape index (κ3) is 2.68. The van der Waals surface area contributed by atoms with Crippen LogP contribution < -0.4 is 10.5 Å². The van der Waals surface area contributed by atoms with Gasteiger partial charge < -0.3 is 10.5 Å². The molecule has 0 aliphatic rings. The fraction of sp³-hybridized carbons (Fsp3) is 0.111. The molecule has 1 rings (SSSR count). The minimum absolute atomic E-state index is 0.175. The molecule has 0 aliphatic heterocycles. The summed E-state index contributed by atoms with van der Waals surface area (Å²) in [6.45, 7) is -0.175. The monoisotopic (exact) mass is 179 g/mol. The van der Waals surface area contributed by atoms with E-state index in [2.05, 4.69) is 0 Å². The van der Waals surface area contributed by atoms with Gasteiger partial charge in [-0.05, 0) is 12.1 Å². The second kappa shape index (κ2) is 4.37. The zero-order chi connectivity index (χ0) is 9.68. The molecule has 13 heavy (non-hydrogen) atoms. The Bertz CT molecular complexity index is 322. The van der Waals surface area contributed by atoms with Crippen LogP contribution in [0.3, 0.4) is 0 Å². The second-order valence-corrected chi connectivity index (χ2v) is 2.37. The number of carbonyl (C=O) groups is 2. The van der Waals surface area contributed by atoms with Crippen molar-refractivity contribution in [3.63, 3.8) is 0 Å². The third-order valence-electron chi connectivity index (χ3n) is 1.39. The maximum Gasteiger partial charge on any atom is 0.325 e. The summed E-state index contributed by atoms with van der Waals surface area (Å²) in [4.78, 5) is 21.1. The summed E-state index contributed by atoms with van der Waals surface area (Å²) in [5, 5.41) is 0. The summed E-state index contributed by atoms with van der Waals surface area (Å²) in [5.41, 5.74) is 5.51.